The largest absolute Gasteiger partial charge is 0.321 e. The minimum atomic E-state index is -0.306. The molecule has 0 spiro atoms. The number of rotatable bonds is 1. The van der Waals surface area contributed by atoms with Gasteiger partial charge in [-0.3, -0.25) is 4.98 Å². The molecule has 1 heterocycles. The van der Waals surface area contributed by atoms with Crippen LogP contribution in [-0.4, -0.2) is 4.98 Å². The number of aromatic nitrogens is 1. The summed E-state index contributed by atoms with van der Waals surface area (Å²) in [5, 5.41) is 0. The molecule has 11 heavy (non-hydrogen) atoms. The van der Waals surface area contributed by atoms with E-state index >= 15 is 0 Å². The van der Waals surface area contributed by atoms with E-state index < -0.39 is 0 Å². The molecule has 0 radical (unpaired) electrons. The van der Waals surface area contributed by atoms with Crippen molar-refractivity contribution >= 4 is 0 Å². The first kappa shape index (κ1) is 6.73. The van der Waals surface area contributed by atoms with Crippen molar-refractivity contribution in [1.29, 1.82) is 0 Å². The first-order valence-electron chi connectivity index (χ1n) is 3.61. The van der Waals surface area contributed by atoms with Gasteiger partial charge in [-0.15, -0.1) is 0 Å². The fourth-order valence-electron chi connectivity index (χ4n) is 1.11. The fourth-order valence-corrected chi connectivity index (χ4v) is 1.11. The highest BCUT2D eigenvalue weighted by Crippen LogP contribution is 2.42. The number of nitrogens with two attached hydrogens (primary N) is 1. The molecule has 0 atom stereocenters. The van der Waals surface area contributed by atoms with Crippen molar-refractivity contribution in [1.82, 2.24) is 4.98 Å². The zero-order chi connectivity index (χ0) is 7.90. The molecule has 0 saturated heterocycles. The second kappa shape index (κ2) is 2.01. The summed E-state index contributed by atoms with van der Waals surface area (Å²) in [5.74, 6) is -0.306. The Hall–Kier alpha value is -0.960. The SMILES string of the molecule is NC1(c2cncc(F)c2)CC1. The summed E-state index contributed by atoms with van der Waals surface area (Å²) in [7, 11) is 0. The highest BCUT2D eigenvalue weighted by Gasteiger charge is 2.40. The van der Waals surface area contributed by atoms with Gasteiger partial charge in [-0.05, 0) is 24.5 Å². The van der Waals surface area contributed by atoms with Crippen molar-refractivity contribution in [3.8, 4) is 0 Å². The summed E-state index contributed by atoms with van der Waals surface area (Å²) in [4.78, 5) is 3.74. The Morgan fingerprint density at radius 1 is 1.45 bits per heavy atom. The van der Waals surface area contributed by atoms with Crippen LogP contribution in [0.15, 0.2) is 18.5 Å². The number of nitrogens with zero attached hydrogens (tertiary/aromatic N) is 1. The van der Waals surface area contributed by atoms with Crippen molar-refractivity contribution in [2.75, 3.05) is 0 Å². The molecule has 0 aliphatic heterocycles. The number of hydrogen-bond acceptors (Lipinski definition) is 2. The highest BCUT2D eigenvalue weighted by atomic mass is 19.1. The monoisotopic (exact) mass is 152 g/mol. The third-order valence-electron chi connectivity index (χ3n) is 2.07. The van der Waals surface area contributed by atoms with E-state index in [9.17, 15) is 4.39 Å². The Labute approximate surface area is 64.2 Å². The lowest BCUT2D eigenvalue weighted by Crippen LogP contribution is -2.18. The first-order chi connectivity index (χ1) is 5.21. The van der Waals surface area contributed by atoms with Crippen LogP contribution in [0, 0.1) is 5.82 Å². The predicted octanol–water partition coefficient (Wildman–Crippen LogP) is 1.17. The zero-order valence-corrected chi connectivity index (χ0v) is 6.05. The van der Waals surface area contributed by atoms with Gasteiger partial charge in [0, 0.05) is 11.7 Å². The van der Waals surface area contributed by atoms with E-state index in [0.717, 1.165) is 18.4 Å². The summed E-state index contributed by atoms with van der Waals surface area (Å²) in [5.41, 5.74) is 6.38. The smallest absolute Gasteiger partial charge is 0.141 e. The molecule has 2 N–H and O–H groups in total. The van der Waals surface area contributed by atoms with Gasteiger partial charge in [0.15, 0.2) is 0 Å². The van der Waals surface area contributed by atoms with Crippen LogP contribution < -0.4 is 5.73 Å². The van der Waals surface area contributed by atoms with Crippen LogP contribution in [0.25, 0.3) is 0 Å². The molecular formula is C8H9FN2. The second-order valence-electron chi connectivity index (χ2n) is 3.05. The number of pyridine rings is 1. The third kappa shape index (κ3) is 1.12. The van der Waals surface area contributed by atoms with E-state index in [1.165, 1.54) is 12.3 Å². The van der Waals surface area contributed by atoms with Gasteiger partial charge in [0.05, 0.1) is 6.20 Å². The molecule has 0 amide bonds. The standard InChI is InChI=1S/C8H9FN2/c9-7-3-6(4-11-5-7)8(10)1-2-8/h3-5H,1-2,10H2. The molecule has 0 unspecified atom stereocenters. The van der Waals surface area contributed by atoms with Gasteiger partial charge >= 0.3 is 0 Å². The topological polar surface area (TPSA) is 38.9 Å². The van der Waals surface area contributed by atoms with E-state index in [1.807, 2.05) is 0 Å². The van der Waals surface area contributed by atoms with Crippen molar-refractivity contribution < 1.29 is 4.39 Å². The van der Waals surface area contributed by atoms with E-state index in [2.05, 4.69) is 4.98 Å². The maximum Gasteiger partial charge on any atom is 0.141 e. The Balaban J connectivity index is 2.38. The van der Waals surface area contributed by atoms with Gasteiger partial charge in [0.1, 0.15) is 5.82 Å². The molecule has 1 aromatic rings. The summed E-state index contributed by atoms with van der Waals surface area (Å²) in [6.07, 6.45) is 4.71. The van der Waals surface area contributed by atoms with Crippen LogP contribution in [0.5, 0.6) is 0 Å². The lowest BCUT2D eigenvalue weighted by Gasteiger charge is -2.06. The first-order valence-corrected chi connectivity index (χ1v) is 3.61. The molecule has 3 heteroatoms. The van der Waals surface area contributed by atoms with Gasteiger partial charge in [-0.1, -0.05) is 0 Å². The van der Waals surface area contributed by atoms with Crippen LogP contribution in [0.4, 0.5) is 4.39 Å². The minimum absolute atomic E-state index is 0.269. The maximum absolute atomic E-state index is 12.6. The van der Waals surface area contributed by atoms with Crippen molar-refractivity contribution in [3.05, 3.63) is 29.8 Å². The summed E-state index contributed by atoms with van der Waals surface area (Å²) >= 11 is 0. The van der Waals surface area contributed by atoms with Crippen molar-refractivity contribution in [3.63, 3.8) is 0 Å². The molecule has 1 aromatic heterocycles. The average Bonchev–Trinajstić information content (AvgIpc) is 2.70. The molecule has 1 aliphatic rings. The third-order valence-corrected chi connectivity index (χ3v) is 2.07. The Kier molecular flexibility index (Phi) is 1.23. The Bertz CT molecular complexity index is 281. The van der Waals surface area contributed by atoms with Crippen molar-refractivity contribution in [2.24, 2.45) is 5.73 Å². The highest BCUT2D eigenvalue weighted by molar-refractivity contribution is 5.26. The Morgan fingerprint density at radius 3 is 2.73 bits per heavy atom. The van der Waals surface area contributed by atoms with Gasteiger partial charge in [-0.25, -0.2) is 4.39 Å². The molecule has 0 aromatic carbocycles. The van der Waals surface area contributed by atoms with Crippen LogP contribution >= 0.6 is 0 Å². The van der Waals surface area contributed by atoms with Crippen LogP contribution in [0.2, 0.25) is 0 Å². The molecule has 2 nitrogen and oxygen atoms in total. The molecule has 58 valence electrons. The van der Waals surface area contributed by atoms with Crippen LogP contribution in [0.1, 0.15) is 18.4 Å². The Morgan fingerprint density at radius 2 is 2.18 bits per heavy atom. The lowest BCUT2D eigenvalue weighted by molar-refractivity contribution is 0.610. The molecule has 2 rings (SSSR count). The van der Waals surface area contributed by atoms with E-state index in [1.54, 1.807) is 6.20 Å². The zero-order valence-electron chi connectivity index (χ0n) is 6.05. The van der Waals surface area contributed by atoms with Gasteiger partial charge < -0.3 is 5.73 Å². The fraction of sp³-hybridized carbons (Fsp3) is 0.375. The maximum atomic E-state index is 12.6. The van der Waals surface area contributed by atoms with Gasteiger partial charge in [0.25, 0.3) is 0 Å². The van der Waals surface area contributed by atoms with Crippen molar-refractivity contribution in [2.45, 2.75) is 18.4 Å². The number of halogens is 1. The average molecular weight is 152 g/mol. The quantitative estimate of drug-likeness (QED) is 0.656. The summed E-state index contributed by atoms with van der Waals surface area (Å²) in [6, 6.07) is 1.46. The normalized spacial score (nSPS) is 19.8. The minimum Gasteiger partial charge on any atom is -0.321 e. The van der Waals surface area contributed by atoms with E-state index in [-0.39, 0.29) is 11.4 Å². The predicted molar refractivity (Wildman–Crippen MR) is 39.3 cm³/mol. The molecule has 1 fully saturated rings. The van der Waals surface area contributed by atoms with Gasteiger partial charge in [-0.2, -0.15) is 0 Å². The van der Waals surface area contributed by atoms with Gasteiger partial charge in [0.2, 0.25) is 0 Å². The van der Waals surface area contributed by atoms with E-state index in [0.29, 0.717) is 0 Å². The van der Waals surface area contributed by atoms with Crippen LogP contribution in [-0.2, 0) is 5.54 Å². The second-order valence-corrected chi connectivity index (χ2v) is 3.05. The molecule has 0 bridgehead atoms. The van der Waals surface area contributed by atoms with Crippen LogP contribution in [0.3, 0.4) is 0 Å². The molecule has 1 aliphatic carbocycles. The molecular weight excluding hydrogens is 143 g/mol. The summed E-state index contributed by atoms with van der Waals surface area (Å²) < 4.78 is 12.6. The lowest BCUT2D eigenvalue weighted by atomic mass is 10.1. The van der Waals surface area contributed by atoms with E-state index in [4.69, 9.17) is 5.73 Å². The number of hydrogen-bond donors (Lipinski definition) is 1. The molecule has 1 saturated carbocycles. The summed E-state index contributed by atoms with van der Waals surface area (Å²) in [6.45, 7) is 0.